The van der Waals surface area contributed by atoms with Gasteiger partial charge < -0.3 is 14.8 Å². The zero-order valence-electron chi connectivity index (χ0n) is 12.2. The first kappa shape index (κ1) is 15.2. The maximum Gasteiger partial charge on any atom is 0.226 e. The molecule has 0 saturated carbocycles. The van der Waals surface area contributed by atoms with Crippen molar-refractivity contribution < 1.29 is 14.3 Å². The molecule has 0 aliphatic heterocycles. The molecule has 1 aromatic carbocycles. The van der Waals surface area contributed by atoms with E-state index in [2.05, 4.69) is 15.5 Å². The van der Waals surface area contributed by atoms with Crippen molar-refractivity contribution in [3.8, 4) is 11.5 Å². The molecule has 21 heavy (non-hydrogen) atoms. The lowest BCUT2D eigenvalue weighted by molar-refractivity contribution is -0.116. The summed E-state index contributed by atoms with van der Waals surface area (Å²) in [5, 5.41) is 11.8. The number of aryl methyl sites for hydroxylation is 2. The highest BCUT2D eigenvalue weighted by Crippen LogP contribution is 2.28. The molecule has 0 saturated heterocycles. The van der Waals surface area contributed by atoms with E-state index < -0.39 is 0 Å². The van der Waals surface area contributed by atoms with Crippen molar-refractivity contribution in [1.82, 2.24) is 10.2 Å². The molecule has 6 nitrogen and oxygen atoms in total. The molecule has 0 fully saturated rings. The number of amides is 1. The highest BCUT2D eigenvalue weighted by atomic mass is 32.1. The van der Waals surface area contributed by atoms with Crippen molar-refractivity contribution in [2.75, 3.05) is 19.5 Å². The van der Waals surface area contributed by atoms with Crippen LogP contribution in [0.15, 0.2) is 18.2 Å². The van der Waals surface area contributed by atoms with E-state index in [0.717, 1.165) is 10.6 Å². The minimum Gasteiger partial charge on any atom is -0.493 e. The second-order valence-corrected chi connectivity index (χ2v) is 5.55. The van der Waals surface area contributed by atoms with Gasteiger partial charge in [-0.15, -0.1) is 10.2 Å². The average molecular weight is 307 g/mol. The van der Waals surface area contributed by atoms with Gasteiger partial charge in [-0.05, 0) is 31.0 Å². The Balaban J connectivity index is 1.91. The number of aromatic nitrogens is 2. The van der Waals surface area contributed by atoms with Crippen LogP contribution in [0.25, 0.3) is 0 Å². The van der Waals surface area contributed by atoms with Gasteiger partial charge in [0.2, 0.25) is 11.0 Å². The molecule has 0 bridgehead atoms. The predicted molar refractivity (Wildman–Crippen MR) is 81.1 cm³/mol. The Kier molecular flexibility index (Phi) is 5.10. The summed E-state index contributed by atoms with van der Waals surface area (Å²) >= 11 is 1.36. The first-order chi connectivity index (χ1) is 10.1. The lowest BCUT2D eigenvalue weighted by Crippen LogP contribution is -2.12. The Labute approximate surface area is 127 Å². The maximum atomic E-state index is 11.8. The number of hydrogen-bond donors (Lipinski definition) is 1. The van der Waals surface area contributed by atoms with Crippen molar-refractivity contribution in [3.05, 3.63) is 28.8 Å². The predicted octanol–water partition coefficient (Wildman–Crippen LogP) is 2.44. The van der Waals surface area contributed by atoms with E-state index in [0.29, 0.717) is 29.5 Å². The van der Waals surface area contributed by atoms with E-state index in [9.17, 15) is 4.79 Å². The van der Waals surface area contributed by atoms with Gasteiger partial charge in [0.05, 0.1) is 14.2 Å². The number of hydrogen-bond acceptors (Lipinski definition) is 6. The highest BCUT2D eigenvalue weighted by molar-refractivity contribution is 7.15. The van der Waals surface area contributed by atoms with Crippen LogP contribution >= 0.6 is 11.3 Å². The third-order valence-corrected chi connectivity index (χ3v) is 3.62. The van der Waals surface area contributed by atoms with Crippen LogP contribution in [0.2, 0.25) is 0 Å². The van der Waals surface area contributed by atoms with Gasteiger partial charge in [-0.3, -0.25) is 4.79 Å². The first-order valence-corrected chi connectivity index (χ1v) is 7.25. The van der Waals surface area contributed by atoms with Crippen molar-refractivity contribution >= 4 is 22.4 Å². The van der Waals surface area contributed by atoms with E-state index in [4.69, 9.17) is 9.47 Å². The van der Waals surface area contributed by atoms with Crippen molar-refractivity contribution in [1.29, 1.82) is 0 Å². The Morgan fingerprint density at radius 1 is 1.24 bits per heavy atom. The molecule has 1 heterocycles. The fourth-order valence-electron chi connectivity index (χ4n) is 1.82. The number of carbonyl (C=O) groups excluding carboxylic acids is 1. The van der Waals surface area contributed by atoms with Crippen molar-refractivity contribution in [2.24, 2.45) is 0 Å². The quantitative estimate of drug-likeness (QED) is 0.887. The first-order valence-electron chi connectivity index (χ1n) is 6.43. The van der Waals surface area contributed by atoms with Crippen LogP contribution in [0.4, 0.5) is 5.13 Å². The Morgan fingerprint density at radius 2 is 2.00 bits per heavy atom. The second-order valence-electron chi connectivity index (χ2n) is 4.36. The van der Waals surface area contributed by atoms with Crippen LogP contribution in [0.5, 0.6) is 11.5 Å². The molecule has 112 valence electrons. The van der Waals surface area contributed by atoms with Gasteiger partial charge in [-0.2, -0.15) is 0 Å². The van der Waals surface area contributed by atoms with E-state index in [1.807, 2.05) is 25.1 Å². The zero-order valence-corrected chi connectivity index (χ0v) is 13.0. The van der Waals surface area contributed by atoms with E-state index in [-0.39, 0.29) is 5.91 Å². The molecule has 1 aromatic heterocycles. The SMILES string of the molecule is COc1ccc(CCC(=O)Nc2nnc(C)s2)cc1OC. The van der Waals surface area contributed by atoms with E-state index in [1.54, 1.807) is 14.2 Å². The van der Waals surface area contributed by atoms with Gasteiger partial charge in [0, 0.05) is 6.42 Å². The second kappa shape index (κ2) is 7.03. The number of nitrogens with zero attached hydrogens (tertiary/aromatic N) is 2. The largest absolute Gasteiger partial charge is 0.493 e. The van der Waals surface area contributed by atoms with Crippen LogP contribution in [-0.2, 0) is 11.2 Å². The van der Waals surface area contributed by atoms with Gasteiger partial charge >= 0.3 is 0 Å². The molecule has 0 unspecified atom stereocenters. The normalized spacial score (nSPS) is 10.2. The van der Waals surface area contributed by atoms with Crippen LogP contribution < -0.4 is 14.8 Å². The van der Waals surface area contributed by atoms with Crippen LogP contribution in [0, 0.1) is 6.92 Å². The van der Waals surface area contributed by atoms with Gasteiger partial charge in [-0.25, -0.2) is 0 Å². The Morgan fingerprint density at radius 3 is 2.62 bits per heavy atom. The fourth-order valence-corrected chi connectivity index (χ4v) is 2.43. The van der Waals surface area contributed by atoms with Gasteiger partial charge in [0.1, 0.15) is 5.01 Å². The molecule has 0 aliphatic rings. The van der Waals surface area contributed by atoms with Crippen LogP contribution in [0.3, 0.4) is 0 Å². The number of methoxy groups -OCH3 is 2. The summed E-state index contributed by atoms with van der Waals surface area (Å²) in [6, 6.07) is 5.63. The standard InChI is InChI=1S/C14H17N3O3S/c1-9-16-17-14(21-9)15-13(18)7-5-10-4-6-11(19-2)12(8-10)20-3/h4,6,8H,5,7H2,1-3H3,(H,15,17,18). The Bertz CT molecular complexity index is 628. The third-order valence-electron chi connectivity index (χ3n) is 2.86. The molecule has 1 N–H and O–H groups in total. The molecule has 2 aromatic rings. The number of anilines is 1. The average Bonchev–Trinajstić information content (AvgIpc) is 2.89. The monoisotopic (exact) mass is 307 g/mol. The van der Waals surface area contributed by atoms with Gasteiger partial charge in [-0.1, -0.05) is 17.4 Å². The van der Waals surface area contributed by atoms with E-state index in [1.165, 1.54) is 11.3 Å². The lowest BCUT2D eigenvalue weighted by Gasteiger charge is -2.09. The van der Waals surface area contributed by atoms with Crippen LogP contribution in [-0.4, -0.2) is 30.3 Å². The van der Waals surface area contributed by atoms with Gasteiger partial charge in [0.15, 0.2) is 11.5 Å². The highest BCUT2D eigenvalue weighted by Gasteiger charge is 2.09. The summed E-state index contributed by atoms with van der Waals surface area (Å²) in [7, 11) is 3.18. The smallest absolute Gasteiger partial charge is 0.226 e. The summed E-state index contributed by atoms with van der Waals surface area (Å²) in [6.07, 6.45) is 0.984. The molecule has 0 aliphatic carbocycles. The summed E-state index contributed by atoms with van der Waals surface area (Å²) in [5.74, 6) is 1.26. The summed E-state index contributed by atoms with van der Waals surface area (Å²) in [5.41, 5.74) is 1.01. The zero-order chi connectivity index (χ0) is 15.2. The topological polar surface area (TPSA) is 73.3 Å². The van der Waals surface area contributed by atoms with Crippen molar-refractivity contribution in [2.45, 2.75) is 19.8 Å². The molecule has 0 radical (unpaired) electrons. The van der Waals surface area contributed by atoms with E-state index >= 15 is 0 Å². The number of rotatable bonds is 6. The summed E-state index contributed by atoms with van der Waals surface area (Å²) < 4.78 is 10.4. The summed E-state index contributed by atoms with van der Waals surface area (Å²) in [6.45, 7) is 1.84. The molecule has 0 atom stereocenters. The van der Waals surface area contributed by atoms with Crippen LogP contribution in [0.1, 0.15) is 17.0 Å². The molecule has 7 heteroatoms. The minimum absolute atomic E-state index is 0.0825. The number of carbonyl (C=O) groups is 1. The molecular formula is C14H17N3O3S. The third kappa shape index (κ3) is 4.16. The summed E-state index contributed by atoms with van der Waals surface area (Å²) in [4.78, 5) is 11.8. The van der Waals surface area contributed by atoms with Gasteiger partial charge in [0.25, 0.3) is 0 Å². The fraction of sp³-hybridized carbons (Fsp3) is 0.357. The number of benzene rings is 1. The maximum absolute atomic E-state index is 11.8. The molecule has 2 rings (SSSR count). The lowest BCUT2D eigenvalue weighted by atomic mass is 10.1. The number of nitrogens with one attached hydrogen (secondary N) is 1. The Hall–Kier alpha value is -2.15. The molecule has 1 amide bonds. The molecular weight excluding hydrogens is 290 g/mol. The minimum atomic E-state index is -0.0825. The number of ether oxygens (including phenoxy) is 2. The van der Waals surface area contributed by atoms with Crippen molar-refractivity contribution in [3.63, 3.8) is 0 Å². The molecule has 0 spiro atoms.